The van der Waals surface area contributed by atoms with Crippen LogP contribution >= 0.6 is 0 Å². The van der Waals surface area contributed by atoms with Crippen molar-refractivity contribution in [3.63, 3.8) is 0 Å². The van der Waals surface area contributed by atoms with Gasteiger partial charge >= 0.3 is 0 Å². The topological polar surface area (TPSA) is 53.0 Å². The van der Waals surface area contributed by atoms with Crippen LogP contribution in [0.2, 0.25) is 0 Å². The van der Waals surface area contributed by atoms with E-state index in [1.165, 1.54) is 38.5 Å². The summed E-state index contributed by atoms with van der Waals surface area (Å²) in [6.07, 6.45) is 6.23. The second-order valence-corrected chi connectivity index (χ2v) is 9.39. The Balaban J connectivity index is 1.51. The molecule has 2 aliphatic rings. The summed E-state index contributed by atoms with van der Waals surface area (Å²) < 4.78 is 6.49. The second-order valence-electron chi connectivity index (χ2n) is 9.39. The van der Waals surface area contributed by atoms with Gasteiger partial charge in [0.2, 0.25) is 0 Å². The number of rotatable bonds is 10. The normalized spacial score (nSPS) is 19.8. The quantitative estimate of drug-likeness (QED) is 0.535. The van der Waals surface area contributed by atoms with Crippen molar-refractivity contribution in [1.82, 2.24) is 9.80 Å². The number of piperidine rings is 2. The Bertz CT molecular complexity index is 860. The predicted octanol–water partition coefficient (Wildman–Crippen LogP) is 4.63. The fourth-order valence-electron chi connectivity index (χ4n) is 5.06. The number of aliphatic hydroxyl groups excluding tert-OH is 1. The first-order valence-electron chi connectivity index (χ1n) is 12.6. The number of carbonyl (C=O) groups is 1. The number of ether oxygens (including phenoxy) is 1. The summed E-state index contributed by atoms with van der Waals surface area (Å²) in [4.78, 5) is 18.3. The summed E-state index contributed by atoms with van der Waals surface area (Å²) in [6.45, 7) is 6.83. The molecule has 0 amide bonds. The molecule has 2 atom stereocenters. The molecule has 2 unspecified atom stereocenters. The van der Waals surface area contributed by atoms with Crippen molar-refractivity contribution in [3.8, 4) is 0 Å². The largest absolute Gasteiger partial charge is 0.380 e. The molecule has 0 aliphatic carbocycles. The average Bonchev–Trinajstić information content (AvgIpc) is 2.89. The molecule has 4 rings (SSSR count). The number of hydrogen-bond acceptors (Lipinski definition) is 5. The Morgan fingerprint density at radius 2 is 1.42 bits per heavy atom. The van der Waals surface area contributed by atoms with Crippen LogP contribution < -0.4 is 0 Å². The van der Waals surface area contributed by atoms with Crippen LogP contribution in [0.5, 0.6) is 0 Å². The third-order valence-corrected chi connectivity index (χ3v) is 6.98. The lowest BCUT2D eigenvalue weighted by molar-refractivity contribution is 0.00741. The van der Waals surface area contributed by atoms with E-state index < -0.39 is 6.10 Å². The van der Waals surface area contributed by atoms with Gasteiger partial charge in [0.05, 0.1) is 12.7 Å². The third kappa shape index (κ3) is 6.73. The van der Waals surface area contributed by atoms with Gasteiger partial charge in [0.15, 0.2) is 5.78 Å². The fraction of sp³-hybridized carbons (Fsp3) is 0.536. The van der Waals surface area contributed by atoms with Crippen LogP contribution in [0.15, 0.2) is 54.6 Å². The highest BCUT2D eigenvalue weighted by atomic mass is 16.5. The molecular formula is C28H38N2O3. The van der Waals surface area contributed by atoms with Crippen LogP contribution in [0.25, 0.3) is 0 Å². The summed E-state index contributed by atoms with van der Waals surface area (Å²) in [7, 11) is 0. The highest BCUT2D eigenvalue weighted by molar-refractivity contribution is 6.01. The van der Waals surface area contributed by atoms with Crippen LogP contribution in [0.4, 0.5) is 0 Å². The van der Waals surface area contributed by atoms with E-state index in [1.807, 2.05) is 42.5 Å². The second kappa shape index (κ2) is 12.4. The molecule has 0 saturated carbocycles. The van der Waals surface area contributed by atoms with Gasteiger partial charge in [-0.15, -0.1) is 0 Å². The molecule has 0 bridgehead atoms. The first kappa shape index (κ1) is 24.1. The Morgan fingerprint density at radius 3 is 2.12 bits per heavy atom. The molecule has 0 spiro atoms. The summed E-state index contributed by atoms with van der Waals surface area (Å²) >= 11 is 0. The molecule has 2 aromatic carbocycles. The van der Waals surface area contributed by atoms with E-state index in [0.717, 1.165) is 44.8 Å². The molecule has 0 aromatic heterocycles. The van der Waals surface area contributed by atoms with Gasteiger partial charge in [-0.3, -0.25) is 4.79 Å². The van der Waals surface area contributed by atoms with E-state index in [1.54, 1.807) is 12.1 Å². The van der Waals surface area contributed by atoms with Gasteiger partial charge in [0.25, 0.3) is 0 Å². The van der Waals surface area contributed by atoms with Crippen molar-refractivity contribution in [2.45, 2.75) is 50.7 Å². The maximum absolute atomic E-state index is 13.4. The Hall–Kier alpha value is -2.05. The zero-order valence-corrected chi connectivity index (χ0v) is 19.7. The standard InChI is InChI=1S/C28H38N2O3/c31-27(23-12-4-1-5-13-23)28(32)25-15-7-6-14-24(25)26(22-30-18-10-3-11-19-30)33-21-20-29-16-8-2-9-17-29/h1,4-7,12-15,26-27,31H,2-3,8-11,16-22H2. The minimum atomic E-state index is -1.17. The predicted molar refractivity (Wildman–Crippen MR) is 131 cm³/mol. The van der Waals surface area contributed by atoms with Crippen LogP contribution in [0.1, 0.15) is 72.2 Å². The Labute approximate surface area is 198 Å². The zero-order valence-electron chi connectivity index (χ0n) is 19.7. The maximum Gasteiger partial charge on any atom is 0.196 e. The van der Waals surface area contributed by atoms with Crippen LogP contribution in [-0.4, -0.2) is 66.6 Å². The molecule has 2 aliphatic heterocycles. The molecule has 2 heterocycles. The number of carbonyl (C=O) groups excluding carboxylic acids is 1. The SMILES string of the molecule is O=C(c1ccccc1C(CN1CCCCC1)OCCN1CCCCC1)C(O)c1ccccc1. The van der Waals surface area contributed by atoms with Gasteiger partial charge in [-0.2, -0.15) is 0 Å². The van der Waals surface area contributed by atoms with Gasteiger partial charge in [-0.05, 0) is 63.0 Å². The molecular weight excluding hydrogens is 412 g/mol. The number of nitrogens with zero attached hydrogens (tertiary/aromatic N) is 2. The first-order valence-corrected chi connectivity index (χ1v) is 12.6. The van der Waals surface area contributed by atoms with Crippen molar-refractivity contribution in [2.75, 3.05) is 45.9 Å². The average molecular weight is 451 g/mol. The molecule has 2 saturated heterocycles. The molecule has 5 heteroatoms. The summed E-state index contributed by atoms with van der Waals surface area (Å²) in [5, 5.41) is 10.8. The molecule has 33 heavy (non-hydrogen) atoms. The Morgan fingerprint density at radius 1 is 0.818 bits per heavy atom. The molecule has 1 N–H and O–H groups in total. The molecule has 178 valence electrons. The maximum atomic E-state index is 13.4. The first-order chi connectivity index (χ1) is 16.2. The summed E-state index contributed by atoms with van der Waals surface area (Å²) in [5.74, 6) is -0.264. The van der Waals surface area contributed by atoms with E-state index in [0.29, 0.717) is 17.7 Å². The van der Waals surface area contributed by atoms with Crippen LogP contribution in [-0.2, 0) is 4.74 Å². The number of aliphatic hydroxyl groups is 1. The van der Waals surface area contributed by atoms with Crippen molar-refractivity contribution < 1.29 is 14.6 Å². The van der Waals surface area contributed by atoms with Crippen molar-refractivity contribution in [1.29, 1.82) is 0 Å². The molecule has 5 nitrogen and oxygen atoms in total. The van der Waals surface area contributed by atoms with Gasteiger partial charge < -0.3 is 19.6 Å². The highest BCUT2D eigenvalue weighted by Gasteiger charge is 2.27. The fourth-order valence-corrected chi connectivity index (χ4v) is 5.06. The number of ketones is 1. The van der Waals surface area contributed by atoms with E-state index in [-0.39, 0.29) is 11.9 Å². The van der Waals surface area contributed by atoms with Gasteiger partial charge in [0, 0.05) is 18.7 Å². The monoisotopic (exact) mass is 450 g/mol. The molecule has 2 aromatic rings. The van der Waals surface area contributed by atoms with Crippen molar-refractivity contribution in [3.05, 3.63) is 71.3 Å². The van der Waals surface area contributed by atoms with E-state index in [4.69, 9.17) is 4.74 Å². The molecule has 0 radical (unpaired) electrons. The number of benzene rings is 2. The van der Waals surface area contributed by atoms with Gasteiger partial charge in [0.1, 0.15) is 6.10 Å². The lowest BCUT2D eigenvalue weighted by Gasteiger charge is -2.32. The smallest absolute Gasteiger partial charge is 0.196 e. The van der Waals surface area contributed by atoms with E-state index in [9.17, 15) is 9.90 Å². The van der Waals surface area contributed by atoms with Crippen LogP contribution in [0.3, 0.4) is 0 Å². The van der Waals surface area contributed by atoms with Gasteiger partial charge in [-0.25, -0.2) is 0 Å². The zero-order chi connectivity index (χ0) is 22.9. The van der Waals surface area contributed by atoms with Gasteiger partial charge in [-0.1, -0.05) is 67.4 Å². The third-order valence-electron chi connectivity index (χ3n) is 6.98. The van der Waals surface area contributed by atoms with E-state index >= 15 is 0 Å². The summed E-state index contributed by atoms with van der Waals surface area (Å²) in [5.41, 5.74) is 2.08. The number of Topliss-reactive ketones (excluding diaryl/α,β-unsaturated/α-hetero) is 1. The van der Waals surface area contributed by atoms with E-state index in [2.05, 4.69) is 9.80 Å². The number of likely N-dealkylation sites (tertiary alicyclic amines) is 2. The van der Waals surface area contributed by atoms with Crippen molar-refractivity contribution >= 4 is 5.78 Å². The van der Waals surface area contributed by atoms with Crippen LogP contribution in [0, 0.1) is 0 Å². The lowest BCUT2D eigenvalue weighted by Crippen LogP contribution is -2.36. The Kier molecular flexibility index (Phi) is 9.07. The lowest BCUT2D eigenvalue weighted by atomic mass is 9.93. The minimum absolute atomic E-state index is 0.184. The highest BCUT2D eigenvalue weighted by Crippen LogP contribution is 2.28. The molecule has 2 fully saturated rings. The van der Waals surface area contributed by atoms with Crippen molar-refractivity contribution in [2.24, 2.45) is 0 Å². The minimum Gasteiger partial charge on any atom is -0.380 e. The number of hydrogen-bond donors (Lipinski definition) is 1. The summed E-state index contributed by atoms with van der Waals surface area (Å²) in [6, 6.07) is 16.9.